The fourth-order valence-corrected chi connectivity index (χ4v) is 2.79. The van der Waals surface area contributed by atoms with Crippen LogP contribution in [-0.2, 0) is 25.4 Å². The van der Waals surface area contributed by atoms with Crippen molar-refractivity contribution < 1.29 is 9.47 Å². The summed E-state index contributed by atoms with van der Waals surface area (Å²) < 4.78 is 15.2. The summed E-state index contributed by atoms with van der Waals surface area (Å²) in [6.07, 6.45) is 0. The summed E-state index contributed by atoms with van der Waals surface area (Å²) in [5.41, 5.74) is 0.821. The minimum atomic E-state index is -0.423. The zero-order chi connectivity index (χ0) is 18.7. The summed E-state index contributed by atoms with van der Waals surface area (Å²) in [4.78, 5) is 29.3. The molecule has 0 saturated carbocycles. The summed E-state index contributed by atoms with van der Waals surface area (Å²) >= 11 is 0. The molecule has 8 nitrogen and oxygen atoms in total. The molecule has 0 fully saturated rings. The zero-order valence-electron chi connectivity index (χ0n) is 15.1. The van der Waals surface area contributed by atoms with Gasteiger partial charge < -0.3 is 9.47 Å². The first-order valence-corrected chi connectivity index (χ1v) is 8.45. The first-order valence-electron chi connectivity index (χ1n) is 8.45. The third-order valence-corrected chi connectivity index (χ3v) is 4.16. The van der Waals surface area contributed by atoms with E-state index in [0.717, 1.165) is 10.1 Å². The molecular formula is C18H22N4O4. The van der Waals surface area contributed by atoms with Crippen molar-refractivity contribution >= 4 is 11.2 Å². The first-order chi connectivity index (χ1) is 12.5. The number of ether oxygens (including phenoxy) is 2. The van der Waals surface area contributed by atoms with Crippen molar-refractivity contribution in [2.24, 2.45) is 14.1 Å². The Kier molecular flexibility index (Phi) is 5.22. The number of benzene rings is 1. The van der Waals surface area contributed by atoms with Crippen LogP contribution in [0.3, 0.4) is 0 Å². The van der Waals surface area contributed by atoms with Gasteiger partial charge in [0.15, 0.2) is 11.2 Å². The van der Waals surface area contributed by atoms with E-state index in [9.17, 15) is 9.59 Å². The van der Waals surface area contributed by atoms with E-state index in [2.05, 4.69) is 4.98 Å². The fraction of sp³-hybridized carbons (Fsp3) is 0.389. The van der Waals surface area contributed by atoms with Gasteiger partial charge in [-0.25, -0.2) is 4.79 Å². The second-order valence-electron chi connectivity index (χ2n) is 5.89. The van der Waals surface area contributed by atoms with E-state index >= 15 is 0 Å². The van der Waals surface area contributed by atoms with Crippen LogP contribution in [0.1, 0.15) is 12.5 Å². The van der Waals surface area contributed by atoms with Gasteiger partial charge in [-0.3, -0.25) is 18.5 Å². The summed E-state index contributed by atoms with van der Waals surface area (Å²) in [6.45, 7) is 3.64. The minimum Gasteiger partial charge on any atom is -0.462 e. The lowest BCUT2D eigenvalue weighted by atomic mass is 10.2. The summed E-state index contributed by atoms with van der Waals surface area (Å²) in [5.74, 6) is 0. The predicted octanol–water partition coefficient (Wildman–Crippen LogP) is 0.897. The predicted molar refractivity (Wildman–Crippen MR) is 97.7 cm³/mol. The Labute approximate surface area is 150 Å². The topological polar surface area (TPSA) is 80.3 Å². The number of fused-ring (bicyclic) bond motifs is 1. The van der Waals surface area contributed by atoms with E-state index in [1.54, 1.807) is 11.6 Å². The van der Waals surface area contributed by atoms with Crippen LogP contribution in [0.2, 0.25) is 0 Å². The van der Waals surface area contributed by atoms with E-state index in [4.69, 9.17) is 9.47 Å². The number of hydrogen-bond acceptors (Lipinski definition) is 5. The molecule has 3 aromatic rings. The normalized spacial score (nSPS) is 11.2. The Morgan fingerprint density at radius 2 is 1.77 bits per heavy atom. The molecule has 0 bridgehead atoms. The fourth-order valence-electron chi connectivity index (χ4n) is 2.79. The highest BCUT2D eigenvalue weighted by Crippen LogP contribution is 2.19. The van der Waals surface area contributed by atoms with Gasteiger partial charge in [0.2, 0.25) is 0 Å². The van der Waals surface area contributed by atoms with Crippen molar-refractivity contribution in [1.82, 2.24) is 18.7 Å². The Balaban J connectivity index is 2.13. The maximum absolute atomic E-state index is 12.7. The highest BCUT2D eigenvalue weighted by molar-refractivity contribution is 5.72. The molecular weight excluding hydrogens is 336 g/mol. The van der Waals surface area contributed by atoms with Crippen molar-refractivity contribution in [2.75, 3.05) is 19.8 Å². The summed E-state index contributed by atoms with van der Waals surface area (Å²) in [5, 5.41) is 0. The molecule has 0 amide bonds. The van der Waals surface area contributed by atoms with E-state index in [-0.39, 0.29) is 0 Å². The Bertz CT molecular complexity index is 1020. The van der Waals surface area contributed by atoms with Crippen LogP contribution in [-0.4, -0.2) is 38.5 Å². The van der Waals surface area contributed by atoms with Gasteiger partial charge in [-0.1, -0.05) is 30.3 Å². The third kappa shape index (κ3) is 3.28. The second-order valence-corrected chi connectivity index (χ2v) is 5.89. The molecule has 2 aromatic heterocycles. The molecule has 0 spiro atoms. The van der Waals surface area contributed by atoms with Gasteiger partial charge in [-0.15, -0.1) is 0 Å². The number of hydrogen-bond donors (Lipinski definition) is 0. The quantitative estimate of drug-likeness (QED) is 0.586. The van der Waals surface area contributed by atoms with Gasteiger partial charge >= 0.3 is 5.69 Å². The van der Waals surface area contributed by atoms with E-state index < -0.39 is 11.2 Å². The molecule has 2 heterocycles. The van der Waals surface area contributed by atoms with Gasteiger partial charge in [0, 0.05) is 20.7 Å². The largest absolute Gasteiger partial charge is 0.462 e. The molecule has 26 heavy (non-hydrogen) atoms. The SMILES string of the molecule is CCOCCOc1nc2c(c(=O)n(C)c(=O)n2C)n1Cc1ccccc1. The molecule has 0 atom stereocenters. The van der Waals surface area contributed by atoms with Crippen LogP contribution >= 0.6 is 0 Å². The van der Waals surface area contributed by atoms with Gasteiger partial charge in [0.25, 0.3) is 11.6 Å². The van der Waals surface area contributed by atoms with Crippen LogP contribution in [0.25, 0.3) is 11.2 Å². The van der Waals surface area contributed by atoms with Crippen molar-refractivity contribution in [2.45, 2.75) is 13.5 Å². The number of nitrogens with zero attached hydrogens (tertiary/aromatic N) is 4. The number of imidazole rings is 1. The third-order valence-electron chi connectivity index (χ3n) is 4.16. The van der Waals surface area contributed by atoms with Gasteiger partial charge in [-0.2, -0.15) is 4.98 Å². The molecule has 8 heteroatoms. The molecule has 138 valence electrons. The van der Waals surface area contributed by atoms with Crippen molar-refractivity contribution in [1.29, 1.82) is 0 Å². The molecule has 0 aliphatic carbocycles. The smallest absolute Gasteiger partial charge is 0.332 e. The lowest BCUT2D eigenvalue weighted by Crippen LogP contribution is -2.37. The van der Waals surface area contributed by atoms with Crippen LogP contribution in [0.5, 0.6) is 6.01 Å². The minimum absolute atomic E-state index is 0.293. The van der Waals surface area contributed by atoms with Crippen LogP contribution < -0.4 is 16.0 Å². The lowest BCUT2D eigenvalue weighted by molar-refractivity contribution is 0.105. The second kappa shape index (κ2) is 7.57. The number of aryl methyl sites for hydroxylation is 1. The van der Waals surface area contributed by atoms with Crippen molar-refractivity contribution in [3.05, 3.63) is 56.7 Å². The molecule has 0 aliphatic rings. The summed E-state index contributed by atoms with van der Waals surface area (Å²) in [7, 11) is 3.05. The number of rotatable bonds is 7. The van der Waals surface area contributed by atoms with Crippen molar-refractivity contribution in [3.63, 3.8) is 0 Å². The maximum Gasteiger partial charge on any atom is 0.332 e. The van der Waals surface area contributed by atoms with Gasteiger partial charge in [0.1, 0.15) is 6.61 Å². The maximum atomic E-state index is 12.7. The highest BCUT2D eigenvalue weighted by Gasteiger charge is 2.20. The first kappa shape index (κ1) is 17.9. The van der Waals surface area contributed by atoms with Crippen LogP contribution in [0.15, 0.2) is 39.9 Å². The Morgan fingerprint density at radius 3 is 2.46 bits per heavy atom. The average Bonchev–Trinajstić information content (AvgIpc) is 3.01. The van der Waals surface area contributed by atoms with E-state index in [1.807, 2.05) is 37.3 Å². The molecule has 0 aliphatic heterocycles. The Hall–Kier alpha value is -2.87. The molecule has 0 unspecified atom stereocenters. The van der Waals surface area contributed by atoms with Crippen molar-refractivity contribution in [3.8, 4) is 6.01 Å². The Morgan fingerprint density at radius 1 is 1.04 bits per heavy atom. The number of aromatic nitrogens is 4. The average molecular weight is 358 g/mol. The lowest BCUT2D eigenvalue weighted by Gasteiger charge is -2.10. The molecule has 0 radical (unpaired) electrons. The van der Waals surface area contributed by atoms with Gasteiger partial charge in [0.05, 0.1) is 13.2 Å². The standard InChI is InChI=1S/C18H22N4O4/c1-4-25-10-11-26-17-19-15-14(16(23)21(3)18(24)20(15)2)22(17)12-13-8-6-5-7-9-13/h5-9H,4,10-12H2,1-3H3. The monoisotopic (exact) mass is 358 g/mol. The molecule has 1 aromatic carbocycles. The van der Waals surface area contributed by atoms with E-state index in [1.165, 1.54) is 11.6 Å². The van der Waals surface area contributed by atoms with Crippen LogP contribution in [0.4, 0.5) is 0 Å². The molecule has 0 saturated heterocycles. The van der Waals surface area contributed by atoms with Gasteiger partial charge in [-0.05, 0) is 12.5 Å². The highest BCUT2D eigenvalue weighted by atomic mass is 16.5. The molecule has 0 N–H and O–H groups in total. The van der Waals surface area contributed by atoms with Crippen LogP contribution in [0, 0.1) is 0 Å². The van der Waals surface area contributed by atoms with E-state index in [0.29, 0.717) is 43.5 Å². The molecule has 3 rings (SSSR count). The summed E-state index contributed by atoms with van der Waals surface area (Å²) in [6, 6.07) is 10.00. The zero-order valence-corrected chi connectivity index (χ0v) is 15.1.